The fourth-order valence-electron chi connectivity index (χ4n) is 6.37. The first-order chi connectivity index (χ1) is 27.4. The summed E-state index contributed by atoms with van der Waals surface area (Å²) in [5.41, 5.74) is 4.62. The van der Waals surface area contributed by atoms with Crippen LogP contribution in [-0.4, -0.2) is 62.6 Å². The highest BCUT2D eigenvalue weighted by Crippen LogP contribution is 2.42. The number of rotatable bonds is 19. The number of carboxylic acids is 1. The first kappa shape index (κ1) is 40.2. The van der Waals surface area contributed by atoms with Crippen molar-refractivity contribution in [2.24, 2.45) is 0 Å². The van der Waals surface area contributed by atoms with Crippen molar-refractivity contribution in [2.75, 3.05) is 20.8 Å². The van der Waals surface area contributed by atoms with E-state index in [0.717, 1.165) is 22.3 Å². The summed E-state index contributed by atoms with van der Waals surface area (Å²) in [6.45, 7) is 2.81. The molecule has 1 N–H and O–H groups in total. The summed E-state index contributed by atoms with van der Waals surface area (Å²) >= 11 is 0. The lowest BCUT2D eigenvalue weighted by atomic mass is 9.97. The molecule has 1 aliphatic rings. The molecule has 56 heavy (non-hydrogen) atoms. The predicted octanol–water partition coefficient (Wildman–Crippen LogP) is 8.27. The topological polar surface area (TPSA) is 111 Å². The van der Waals surface area contributed by atoms with Crippen LogP contribution in [0.25, 0.3) is 6.08 Å². The van der Waals surface area contributed by atoms with E-state index in [0.29, 0.717) is 30.3 Å². The van der Waals surface area contributed by atoms with E-state index in [1.165, 1.54) is 27.2 Å². The molecule has 5 atom stereocenters. The van der Waals surface area contributed by atoms with Gasteiger partial charge in [-0.3, -0.25) is 0 Å². The average molecular weight is 761 g/mol. The molecule has 1 aliphatic heterocycles. The zero-order valence-electron chi connectivity index (χ0n) is 31.8. The molecule has 0 unspecified atom stereocenters. The van der Waals surface area contributed by atoms with Crippen molar-refractivity contribution in [1.29, 1.82) is 0 Å². The summed E-state index contributed by atoms with van der Waals surface area (Å²) < 4.78 is 51.9. The summed E-state index contributed by atoms with van der Waals surface area (Å²) in [6, 6.07) is 43.0. The molecule has 5 aromatic carbocycles. The standard InChI is InChI=1S/C46H48O10/c1-32(45(47)48)24-37-25-38(49-2)41(39(26-37)50-3)56-46-44(54-30-36-22-14-7-15-23-36)43(53-29-35-20-12-6-13-21-35)42(52-28-34-18-10-5-11-19-34)40(55-46)31-51-27-33-16-8-4-9-17-33/h4-26,40,42-44,46H,27-31H2,1-3H3,(H,47,48)/t40-,42-,43+,44-,46+/m1/s1. The van der Waals surface area contributed by atoms with Gasteiger partial charge in [0.25, 0.3) is 0 Å². The number of hydrogen-bond donors (Lipinski definition) is 1. The third-order valence-corrected chi connectivity index (χ3v) is 9.28. The molecule has 0 aliphatic carbocycles. The molecule has 5 aromatic rings. The molecule has 1 heterocycles. The van der Waals surface area contributed by atoms with Crippen LogP contribution in [0.3, 0.4) is 0 Å². The lowest BCUT2D eigenvalue weighted by Gasteiger charge is -2.45. The van der Waals surface area contributed by atoms with Gasteiger partial charge in [-0.25, -0.2) is 4.79 Å². The molecule has 0 amide bonds. The third kappa shape index (κ3) is 11.1. The Bertz CT molecular complexity index is 1950. The Hall–Kier alpha value is -5.49. The smallest absolute Gasteiger partial charge is 0.331 e. The van der Waals surface area contributed by atoms with E-state index in [1.54, 1.807) is 12.1 Å². The molecular weight excluding hydrogens is 712 g/mol. The number of carbonyl (C=O) groups is 1. The maximum atomic E-state index is 11.6. The van der Waals surface area contributed by atoms with Gasteiger partial charge < -0.3 is 43.0 Å². The van der Waals surface area contributed by atoms with Gasteiger partial charge in [-0.05, 0) is 52.9 Å². The van der Waals surface area contributed by atoms with E-state index in [2.05, 4.69) is 0 Å². The van der Waals surface area contributed by atoms with E-state index in [4.69, 9.17) is 37.9 Å². The SMILES string of the molecule is COc1cc(C=C(C)C(=O)O)cc(OC)c1O[C@@H]1O[C@H](COCc2ccccc2)[C@@H](OCc2ccccc2)[C@H](OCc2ccccc2)[C@H]1OCc1ccccc1. The summed E-state index contributed by atoms with van der Waals surface area (Å²) in [4.78, 5) is 11.6. The molecule has 6 rings (SSSR count). The second-order valence-corrected chi connectivity index (χ2v) is 13.3. The lowest BCUT2D eigenvalue weighted by Crippen LogP contribution is -2.62. The van der Waals surface area contributed by atoms with Crippen molar-refractivity contribution < 1.29 is 47.8 Å². The van der Waals surface area contributed by atoms with Gasteiger partial charge in [0.15, 0.2) is 11.5 Å². The molecular formula is C46H48O10. The van der Waals surface area contributed by atoms with Gasteiger partial charge in [-0.2, -0.15) is 0 Å². The monoisotopic (exact) mass is 760 g/mol. The normalized spacial score (nSPS) is 19.6. The van der Waals surface area contributed by atoms with Crippen molar-refractivity contribution in [2.45, 2.75) is 64.1 Å². The van der Waals surface area contributed by atoms with Gasteiger partial charge in [0.1, 0.15) is 24.4 Å². The van der Waals surface area contributed by atoms with Crippen LogP contribution in [0.1, 0.15) is 34.7 Å². The summed E-state index contributed by atoms with van der Waals surface area (Å²) in [7, 11) is 3.01. The van der Waals surface area contributed by atoms with E-state index in [9.17, 15) is 9.90 Å². The van der Waals surface area contributed by atoms with Crippen LogP contribution in [0.4, 0.5) is 0 Å². The first-order valence-corrected chi connectivity index (χ1v) is 18.5. The fraction of sp³-hybridized carbons (Fsp3) is 0.283. The minimum absolute atomic E-state index is 0.145. The van der Waals surface area contributed by atoms with Gasteiger partial charge in [0, 0.05) is 5.57 Å². The number of carboxylic acid groups (broad SMARTS) is 1. The van der Waals surface area contributed by atoms with E-state index in [1.807, 2.05) is 121 Å². The number of ether oxygens (including phenoxy) is 8. The Labute approximate surface area is 328 Å². The van der Waals surface area contributed by atoms with Crippen molar-refractivity contribution in [3.8, 4) is 17.2 Å². The van der Waals surface area contributed by atoms with Crippen molar-refractivity contribution in [3.05, 3.63) is 167 Å². The number of hydrogen-bond acceptors (Lipinski definition) is 9. The van der Waals surface area contributed by atoms with Crippen LogP contribution in [0.2, 0.25) is 0 Å². The Morgan fingerprint density at radius 3 is 1.50 bits per heavy atom. The minimum atomic E-state index is -1.08. The van der Waals surface area contributed by atoms with Crippen LogP contribution in [0.5, 0.6) is 17.2 Å². The molecule has 0 bridgehead atoms. The summed E-state index contributed by atoms with van der Waals surface area (Å²) in [5.74, 6) is -0.184. The third-order valence-electron chi connectivity index (χ3n) is 9.28. The maximum Gasteiger partial charge on any atom is 0.331 e. The van der Waals surface area contributed by atoms with Crippen molar-refractivity contribution in [3.63, 3.8) is 0 Å². The lowest BCUT2D eigenvalue weighted by molar-refractivity contribution is -0.310. The van der Waals surface area contributed by atoms with Gasteiger partial charge >= 0.3 is 5.97 Å². The minimum Gasteiger partial charge on any atom is -0.493 e. The van der Waals surface area contributed by atoms with Crippen LogP contribution in [0, 0.1) is 0 Å². The molecule has 0 aromatic heterocycles. The molecule has 10 nitrogen and oxygen atoms in total. The van der Waals surface area contributed by atoms with Crippen LogP contribution >= 0.6 is 0 Å². The van der Waals surface area contributed by atoms with Gasteiger partial charge in [-0.15, -0.1) is 0 Å². The fourth-order valence-corrected chi connectivity index (χ4v) is 6.37. The molecule has 0 spiro atoms. The highest BCUT2D eigenvalue weighted by Gasteiger charge is 2.50. The second kappa shape index (κ2) is 20.4. The van der Waals surface area contributed by atoms with Crippen LogP contribution in [0.15, 0.2) is 139 Å². The Balaban J connectivity index is 1.40. The average Bonchev–Trinajstić information content (AvgIpc) is 3.23. The molecule has 0 radical (unpaired) electrons. The highest BCUT2D eigenvalue weighted by molar-refractivity contribution is 5.91. The first-order valence-electron chi connectivity index (χ1n) is 18.5. The van der Waals surface area contributed by atoms with Gasteiger partial charge in [-0.1, -0.05) is 121 Å². The largest absolute Gasteiger partial charge is 0.493 e. The molecule has 292 valence electrons. The van der Waals surface area contributed by atoms with E-state index < -0.39 is 36.7 Å². The molecule has 1 fully saturated rings. The van der Waals surface area contributed by atoms with Crippen molar-refractivity contribution >= 4 is 12.0 Å². The zero-order valence-corrected chi connectivity index (χ0v) is 31.8. The predicted molar refractivity (Wildman–Crippen MR) is 211 cm³/mol. The van der Waals surface area contributed by atoms with Crippen LogP contribution in [-0.2, 0) is 54.9 Å². The quantitative estimate of drug-likeness (QED) is 0.0826. The van der Waals surface area contributed by atoms with Crippen molar-refractivity contribution in [1.82, 2.24) is 0 Å². The second-order valence-electron chi connectivity index (χ2n) is 13.3. The number of aliphatic carboxylic acids is 1. The Morgan fingerprint density at radius 1 is 0.625 bits per heavy atom. The number of methoxy groups -OCH3 is 2. The Kier molecular flexibility index (Phi) is 14.7. The van der Waals surface area contributed by atoms with Gasteiger partial charge in [0.05, 0.1) is 47.3 Å². The Morgan fingerprint density at radius 2 is 1.05 bits per heavy atom. The van der Waals surface area contributed by atoms with E-state index in [-0.39, 0.29) is 31.1 Å². The maximum absolute atomic E-state index is 11.6. The number of benzene rings is 5. The summed E-state index contributed by atoms with van der Waals surface area (Å²) in [6.07, 6.45) is -2.45. The summed E-state index contributed by atoms with van der Waals surface area (Å²) in [5, 5.41) is 9.53. The molecule has 10 heteroatoms. The van der Waals surface area contributed by atoms with Gasteiger partial charge in [0.2, 0.25) is 12.0 Å². The molecule has 0 saturated carbocycles. The zero-order chi connectivity index (χ0) is 39.1. The molecule has 1 saturated heterocycles. The highest BCUT2D eigenvalue weighted by atomic mass is 16.7. The van der Waals surface area contributed by atoms with E-state index >= 15 is 0 Å². The van der Waals surface area contributed by atoms with Crippen LogP contribution < -0.4 is 14.2 Å².